The van der Waals surface area contributed by atoms with Crippen LogP contribution >= 0.6 is 0 Å². The van der Waals surface area contributed by atoms with Crippen LogP contribution in [-0.4, -0.2) is 28.2 Å². The quantitative estimate of drug-likeness (QED) is 0.445. The van der Waals surface area contributed by atoms with Crippen molar-refractivity contribution in [1.29, 1.82) is 5.26 Å². The highest BCUT2D eigenvalue weighted by Crippen LogP contribution is 2.31. The highest BCUT2D eigenvalue weighted by molar-refractivity contribution is 5.74. The highest BCUT2D eigenvalue weighted by Gasteiger charge is 2.21. The van der Waals surface area contributed by atoms with E-state index in [0.717, 1.165) is 0 Å². The molecular weight excluding hydrogens is 374 g/mol. The van der Waals surface area contributed by atoms with Crippen molar-refractivity contribution in [2.75, 3.05) is 5.73 Å². The zero-order valence-electron chi connectivity index (χ0n) is 15.7. The summed E-state index contributed by atoms with van der Waals surface area (Å²) in [7, 11) is 0. The number of carboxylic acids is 2. The second kappa shape index (κ2) is 10.1. The van der Waals surface area contributed by atoms with Crippen molar-refractivity contribution in [1.82, 2.24) is 0 Å². The summed E-state index contributed by atoms with van der Waals surface area (Å²) in [6.07, 6.45) is 0.218. The summed E-state index contributed by atoms with van der Waals surface area (Å²) in [5, 5.41) is 27.4. The Kier molecular flexibility index (Phi) is 7.57. The summed E-state index contributed by atoms with van der Waals surface area (Å²) in [5.41, 5.74) is 13.4. The third-order valence-electron chi connectivity index (χ3n) is 4.43. The fourth-order valence-electron chi connectivity index (χ4n) is 2.92. The van der Waals surface area contributed by atoms with Crippen molar-refractivity contribution in [3.8, 4) is 17.6 Å². The van der Waals surface area contributed by atoms with Gasteiger partial charge in [-0.15, -0.1) is 0 Å². The van der Waals surface area contributed by atoms with E-state index in [1.54, 1.807) is 24.3 Å². The number of para-hydroxylation sites is 1. The lowest BCUT2D eigenvalue weighted by atomic mass is 9.89. The number of nitriles is 1. The smallest absolute Gasteiger partial charge is 0.320 e. The molecule has 2 aromatic rings. The Morgan fingerprint density at radius 1 is 1.10 bits per heavy atom. The second-order valence-electron chi connectivity index (χ2n) is 6.68. The zero-order chi connectivity index (χ0) is 21.4. The Balaban J connectivity index is 2.35. The molecule has 2 aromatic carbocycles. The molecule has 29 heavy (non-hydrogen) atoms. The number of ether oxygens (including phenoxy) is 1. The summed E-state index contributed by atoms with van der Waals surface area (Å²) in [6.45, 7) is 0. The fourth-order valence-corrected chi connectivity index (χ4v) is 2.92. The molecule has 0 aliphatic rings. The SMILES string of the molecule is N#CC(CCC(=O)O)Cc1c(N)cc(Oc2ccccc2)cc1CC(N)C(=O)O. The average molecular weight is 397 g/mol. The molecule has 2 atom stereocenters. The van der Waals surface area contributed by atoms with E-state index in [-0.39, 0.29) is 25.7 Å². The number of benzene rings is 2. The highest BCUT2D eigenvalue weighted by atomic mass is 16.5. The first-order valence-corrected chi connectivity index (χ1v) is 9.04. The molecule has 0 fully saturated rings. The van der Waals surface area contributed by atoms with Gasteiger partial charge in [0.05, 0.1) is 12.0 Å². The Hall–Kier alpha value is -3.57. The molecule has 0 bridgehead atoms. The predicted octanol–water partition coefficient (Wildman–Crippen LogP) is 2.56. The molecular formula is C21H23N3O5. The maximum atomic E-state index is 11.2. The number of hydrogen-bond donors (Lipinski definition) is 4. The Morgan fingerprint density at radius 2 is 1.79 bits per heavy atom. The first kappa shape index (κ1) is 21.7. The number of hydrogen-bond acceptors (Lipinski definition) is 6. The summed E-state index contributed by atoms with van der Waals surface area (Å²) >= 11 is 0. The minimum atomic E-state index is -1.16. The topological polar surface area (TPSA) is 160 Å². The molecule has 6 N–H and O–H groups in total. The molecule has 2 rings (SSSR count). The average Bonchev–Trinajstić information content (AvgIpc) is 2.67. The minimum Gasteiger partial charge on any atom is -0.481 e. The maximum Gasteiger partial charge on any atom is 0.320 e. The van der Waals surface area contributed by atoms with Crippen LogP contribution in [0.25, 0.3) is 0 Å². The van der Waals surface area contributed by atoms with Gasteiger partial charge in [-0.25, -0.2) is 0 Å². The zero-order valence-corrected chi connectivity index (χ0v) is 15.7. The monoisotopic (exact) mass is 397 g/mol. The van der Waals surface area contributed by atoms with Crippen LogP contribution in [0.1, 0.15) is 24.0 Å². The van der Waals surface area contributed by atoms with E-state index in [4.69, 9.17) is 21.3 Å². The lowest BCUT2D eigenvalue weighted by Crippen LogP contribution is -2.32. The lowest BCUT2D eigenvalue weighted by molar-refractivity contribution is -0.139. The minimum absolute atomic E-state index is 0.00205. The molecule has 0 amide bonds. The summed E-state index contributed by atoms with van der Waals surface area (Å²) < 4.78 is 5.80. The van der Waals surface area contributed by atoms with E-state index < -0.39 is 23.9 Å². The van der Waals surface area contributed by atoms with Crippen LogP contribution in [-0.2, 0) is 22.4 Å². The maximum absolute atomic E-state index is 11.2. The third-order valence-corrected chi connectivity index (χ3v) is 4.43. The van der Waals surface area contributed by atoms with Gasteiger partial charge in [0, 0.05) is 18.2 Å². The predicted molar refractivity (Wildman–Crippen MR) is 106 cm³/mol. The summed E-state index contributed by atoms with van der Waals surface area (Å²) in [4.78, 5) is 22.0. The number of carbonyl (C=O) groups is 2. The molecule has 0 aliphatic heterocycles. The van der Waals surface area contributed by atoms with Gasteiger partial charge in [0.2, 0.25) is 0 Å². The largest absolute Gasteiger partial charge is 0.481 e. The molecule has 8 nitrogen and oxygen atoms in total. The van der Waals surface area contributed by atoms with Gasteiger partial charge in [-0.2, -0.15) is 5.26 Å². The Labute approximate surface area is 168 Å². The van der Waals surface area contributed by atoms with Crippen molar-refractivity contribution in [3.05, 3.63) is 53.6 Å². The van der Waals surface area contributed by atoms with Crippen LogP contribution in [0.5, 0.6) is 11.5 Å². The van der Waals surface area contributed by atoms with Crippen molar-refractivity contribution < 1.29 is 24.5 Å². The molecule has 0 aromatic heterocycles. The molecule has 0 heterocycles. The van der Waals surface area contributed by atoms with E-state index >= 15 is 0 Å². The van der Waals surface area contributed by atoms with Crippen molar-refractivity contribution in [2.24, 2.45) is 11.7 Å². The molecule has 0 saturated carbocycles. The molecule has 0 radical (unpaired) electrons. The van der Waals surface area contributed by atoms with E-state index in [1.165, 1.54) is 0 Å². The number of anilines is 1. The van der Waals surface area contributed by atoms with E-state index in [1.807, 2.05) is 18.2 Å². The summed E-state index contributed by atoms with van der Waals surface area (Å²) in [5.74, 6) is -1.72. The van der Waals surface area contributed by atoms with Crippen LogP contribution in [0, 0.1) is 17.2 Å². The van der Waals surface area contributed by atoms with Gasteiger partial charge in [0.15, 0.2) is 0 Å². The lowest BCUT2D eigenvalue weighted by Gasteiger charge is -2.18. The second-order valence-corrected chi connectivity index (χ2v) is 6.68. The van der Waals surface area contributed by atoms with Crippen LogP contribution in [0.2, 0.25) is 0 Å². The first-order chi connectivity index (χ1) is 13.8. The van der Waals surface area contributed by atoms with Crippen molar-refractivity contribution in [2.45, 2.75) is 31.7 Å². The van der Waals surface area contributed by atoms with Crippen LogP contribution in [0.3, 0.4) is 0 Å². The Bertz CT molecular complexity index is 909. The molecule has 8 heteroatoms. The number of aliphatic carboxylic acids is 2. The number of carboxylic acid groups (broad SMARTS) is 2. The van der Waals surface area contributed by atoms with Crippen molar-refractivity contribution in [3.63, 3.8) is 0 Å². The van der Waals surface area contributed by atoms with Gasteiger partial charge in [-0.1, -0.05) is 18.2 Å². The van der Waals surface area contributed by atoms with Crippen LogP contribution < -0.4 is 16.2 Å². The number of nitrogens with two attached hydrogens (primary N) is 2. The van der Waals surface area contributed by atoms with Crippen LogP contribution in [0.15, 0.2) is 42.5 Å². The van der Waals surface area contributed by atoms with E-state index in [0.29, 0.717) is 28.3 Å². The molecule has 2 unspecified atom stereocenters. The number of nitrogen functional groups attached to an aromatic ring is 1. The van der Waals surface area contributed by atoms with E-state index in [2.05, 4.69) is 6.07 Å². The van der Waals surface area contributed by atoms with Gasteiger partial charge >= 0.3 is 11.9 Å². The molecule has 0 aliphatic carbocycles. The summed E-state index contributed by atoms with van der Waals surface area (Å²) in [6, 6.07) is 13.2. The number of rotatable bonds is 10. The van der Waals surface area contributed by atoms with Gasteiger partial charge in [-0.05, 0) is 48.6 Å². The Morgan fingerprint density at radius 3 is 2.38 bits per heavy atom. The van der Waals surface area contributed by atoms with Gasteiger partial charge < -0.3 is 26.4 Å². The van der Waals surface area contributed by atoms with Gasteiger partial charge in [0.1, 0.15) is 17.5 Å². The normalized spacial score (nSPS) is 12.6. The van der Waals surface area contributed by atoms with E-state index in [9.17, 15) is 20.0 Å². The molecule has 0 spiro atoms. The van der Waals surface area contributed by atoms with Gasteiger partial charge in [0.25, 0.3) is 0 Å². The molecule has 0 saturated heterocycles. The van der Waals surface area contributed by atoms with Crippen LogP contribution in [0.4, 0.5) is 5.69 Å². The third kappa shape index (κ3) is 6.52. The first-order valence-electron chi connectivity index (χ1n) is 9.04. The molecule has 152 valence electrons. The fraction of sp³-hybridized carbons (Fsp3) is 0.286. The van der Waals surface area contributed by atoms with Crippen molar-refractivity contribution >= 4 is 17.6 Å². The number of nitrogens with zero attached hydrogens (tertiary/aromatic N) is 1. The standard InChI is InChI=1S/C21H23N3O5/c22-12-13(6-7-20(25)26)8-17-14(10-19(24)21(27)28)9-16(11-18(17)23)29-15-4-2-1-3-5-15/h1-5,9,11,13,19H,6-8,10,23-24H2,(H,25,26)(H,27,28). The van der Waals surface area contributed by atoms with Gasteiger partial charge in [-0.3, -0.25) is 9.59 Å².